The van der Waals surface area contributed by atoms with Gasteiger partial charge in [0.1, 0.15) is 18.7 Å². The molecule has 1 aliphatic heterocycles. The minimum absolute atomic E-state index is 0.116. The molecule has 1 aromatic heterocycles. The summed E-state index contributed by atoms with van der Waals surface area (Å²) in [5.41, 5.74) is 2.62. The lowest BCUT2D eigenvalue weighted by Gasteiger charge is -2.36. The van der Waals surface area contributed by atoms with Crippen LogP contribution in [-0.4, -0.2) is 56.7 Å². The summed E-state index contributed by atoms with van der Waals surface area (Å²) in [4.78, 5) is 20.8. The predicted octanol–water partition coefficient (Wildman–Crippen LogP) is 1.49. The molecule has 0 saturated carbocycles. The van der Waals surface area contributed by atoms with E-state index in [4.69, 9.17) is 0 Å². The molecule has 6 heteroatoms. The zero-order valence-electron chi connectivity index (χ0n) is 13.7. The van der Waals surface area contributed by atoms with Crippen molar-refractivity contribution in [1.82, 2.24) is 24.6 Å². The van der Waals surface area contributed by atoms with E-state index in [1.54, 1.807) is 11.0 Å². The van der Waals surface area contributed by atoms with Crippen LogP contribution in [0.1, 0.15) is 24.1 Å². The Kier molecular flexibility index (Phi) is 4.71. The van der Waals surface area contributed by atoms with Gasteiger partial charge >= 0.3 is 0 Å². The predicted molar refractivity (Wildman–Crippen MR) is 87.8 cm³/mol. The summed E-state index contributed by atoms with van der Waals surface area (Å²) in [6.07, 6.45) is 3.06. The number of amides is 1. The Morgan fingerprint density at radius 1 is 1.26 bits per heavy atom. The second-order valence-electron chi connectivity index (χ2n) is 6.14. The molecule has 0 N–H and O–H groups in total. The molecule has 0 radical (unpaired) electrons. The highest BCUT2D eigenvalue weighted by Crippen LogP contribution is 2.13. The number of benzene rings is 1. The van der Waals surface area contributed by atoms with E-state index in [0.717, 1.165) is 32.7 Å². The van der Waals surface area contributed by atoms with Crippen molar-refractivity contribution < 1.29 is 4.79 Å². The van der Waals surface area contributed by atoms with E-state index in [9.17, 15) is 4.79 Å². The fourth-order valence-corrected chi connectivity index (χ4v) is 2.99. The van der Waals surface area contributed by atoms with Gasteiger partial charge in [0, 0.05) is 32.7 Å². The molecule has 1 saturated heterocycles. The lowest BCUT2D eigenvalue weighted by molar-refractivity contribution is -0.136. The first-order valence-corrected chi connectivity index (χ1v) is 8.04. The first kappa shape index (κ1) is 15.7. The van der Waals surface area contributed by atoms with E-state index >= 15 is 0 Å². The van der Waals surface area contributed by atoms with Crippen LogP contribution in [0.3, 0.4) is 0 Å². The number of hydrogen-bond donors (Lipinski definition) is 0. The van der Waals surface area contributed by atoms with Gasteiger partial charge in [-0.3, -0.25) is 9.69 Å². The maximum atomic E-state index is 12.5. The van der Waals surface area contributed by atoms with Gasteiger partial charge in [-0.05, 0) is 19.4 Å². The third-order valence-electron chi connectivity index (χ3n) is 4.36. The lowest BCUT2D eigenvalue weighted by atomic mass is 10.1. The summed E-state index contributed by atoms with van der Waals surface area (Å²) in [7, 11) is 0. The van der Waals surface area contributed by atoms with Gasteiger partial charge in [0.15, 0.2) is 0 Å². The van der Waals surface area contributed by atoms with Gasteiger partial charge in [-0.15, -0.1) is 0 Å². The number of nitrogens with zero attached hydrogens (tertiary/aromatic N) is 5. The molecular formula is C17H23N5O. The molecule has 1 amide bonds. The Balaban J connectivity index is 1.53. The summed E-state index contributed by atoms with van der Waals surface area (Å²) >= 11 is 0. The zero-order valence-corrected chi connectivity index (χ0v) is 13.7. The molecule has 0 aliphatic carbocycles. The normalized spacial score (nSPS) is 17.2. The molecule has 122 valence electrons. The highest BCUT2D eigenvalue weighted by molar-refractivity contribution is 5.80. The highest BCUT2D eigenvalue weighted by atomic mass is 16.2. The van der Waals surface area contributed by atoms with Crippen LogP contribution >= 0.6 is 0 Å². The summed E-state index contributed by atoms with van der Waals surface area (Å²) < 4.78 is 1.61. The van der Waals surface area contributed by atoms with Crippen LogP contribution in [0.4, 0.5) is 0 Å². The zero-order chi connectivity index (χ0) is 16.2. The first-order valence-electron chi connectivity index (χ1n) is 8.04. The summed E-state index contributed by atoms with van der Waals surface area (Å²) in [5.74, 6) is 0.116. The Bertz CT molecular complexity index is 647. The average Bonchev–Trinajstić information content (AvgIpc) is 3.09. The molecule has 0 bridgehead atoms. The number of carbonyl (C=O) groups excluding carboxylic acids is 1. The number of piperazine rings is 1. The van der Waals surface area contributed by atoms with Crippen LogP contribution in [0.15, 0.2) is 36.9 Å². The van der Waals surface area contributed by atoms with Crippen molar-refractivity contribution in [3.8, 4) is 0 Å². The maximum Gasteiger partial charge on any atom is 0.247 e. The molecule has 1 unspecified atom stereocenters. The molecule has 1 fully saturated rings. The van der Waals surface area contributed by atoms with E-state index in [1.165, 1.54) is 17.5 Å². The van der Waals surface area contributed by atoms with Crippen LogP contribution in [0.25, 0.3) is 0 Å². The van der Waals surface area contributed by atoms with Gasteiger partial charge in [-0.1, -0.05) is 29.8 Å². The van der Waals surface area contributed by atoms with Gasteiger partial charge in [-0.25, -0.2) is 9.67 Å². The summed E-state index contributed by atoms with van der Waals surface area (Å²) in [6.45, 7) is 8.28. The largest absolute Gasteiger partial charge is 0.338 e. The Morgan fingerprint density at radius 3 is 2.70 bits per heavy atom. The molecule has 23 heavy (non-hydrogen) atoms. The van der Waals surface area contributed by atoms with Crippen LogP contribution in [-0.2, 0) is 11.3 Å². The SMILES string of the molecule is Cc1cccc(CN2CCN(C(=O)C(C)n3cncn3)CC2)c1. The molecule has 6 nitrogen and oxygen atoms in total. The third kappa shape index (κ3) is 3.76. The monoisotopic (exact) mass is 313 g/mol. The third-order valence-corrected chi connectivity index (χ3v) is 4.36. The van der Waals surface area contributed by atoms with Crippen molar-refractivity contribution in [1.29, 1.82) is 0 Å². The number of hydrogen-bond acceptors (Lipinski definition) is 4. The van der Waals surface area contributed by atoms with Crippen molar-refractivity contribution >= 4 is 5.91 Å². The summed E-state index contributed by atoms with van der Waals surface area (Å²) in [6, 6.07) is 8.32. The summed E-state index contributed by atoms with van der Waals surface area (Å²) in [5, 5.41) is 4.06. The van der Waals surface area contributed by atoms with Crippen LogP contribution in [0, 0.1) is 6.92 Å². The van der Waals surface area contributed by atoms with Crippen molar-refractivity contribution in [3.63, 3.8) is 0 Å². The molecule has 1 aromatic carbocycles. The number of aromatic nitrogens is 3. The van der Waals surface area contributed by atoms with Crippen molar-refractivity contribution in [2.75, 3.05) is 26.2 Å². The lowest BCUT2D eigenvalue weighted by Crippen LogP contribution is -2.49. The second kappa shape index (κ2) is 6.91. The smallest absolute Gasteiger partial charge is 0.247 e. The van der Waals surface area contributed by atoms with E-state index in [2.05, 4.69) is 46.2 Å². The van der Waals surface area contributed by atoms with Crippen LogP contribution in [0.2, 0.25) is 0 Å². The van der Waals surface area contributed by atoms with Crippen molar-refractivity contribution in [3.05, 3.63) is 48.0 Å². The molecule has 2 aromatic rings. The minimum atomic E-state index is -0.291. The molecule has 0 spiro atoms. The Labute approximate surface area is 136 Å². The van der Waals surface area contributed by atoms with Gasteiger partial charge in [-0.2, -0.15) is 5.10 Å². The van der Waals surface area contributed by atoms with Crippen LogP contribution < -0.4 is 0 Å². The fraction of sp³-hybridized carbons (Fsp3) is 0.471. The maximum absolute atomic E-state index is 12.5. The quantitative estimate of drug-likeness (QED) is 0.858. The molecular weight excluding hydrogens is 290 g/mol. The second-order valence-corrected chi connectivity index (χ2v) is 6.14. The number of aryl methyl sites for hydroxylation is 1. The van der Waals surface area contributed by atoms with Crippen LogP contribution in [0.5, 0.6) is 0 Å². The molecule has 2 heterocycles. The van der Waals surface area contributed by atoms with Crippen molar-refractivity contribution in [2.24, 2.45) is 0 Å². The van der Waals surface area contributed by atoms with E-state index in [1.807, 2.05) is 11.8 Å². The topological polar surface area (TPSA) is 54.3 Å². The highest BCUT2D eigenvalue weighted by Gasteiger charge is 2.26. The van der Waals surface area contributed by atoms with Gasteiger partial charge in [0.2, 0.25) is 5.91 Å². The van der Waals surface area contributed by atoms with Gasteiger partial charge < -0.3 is 4.90 Å². The van der Waals surface area contributed by atoms with E-state index in [0.29, 0.717) is 0 Å². The van der Waals surface area contributed by atoms with Gasteiger partial charge in [0.05, 0.1) is 0 Å². The Morgan fingerprint density at radius 2 is 2.04 bits per heavy atom. The number of carbonyl (C=O) groups is 1. The minimum Gasteiger partial charge on any atom is -0.338 e. The number of rotatable bonds is 4. The van der Waals surface area contributed by atoms with E-state index < -0.39 is 0 Å². The van der Waals surface area contributed by atoms with Crippen molar-refractivity contribution in [2.45, 2.75) is 26.4 Å². The fourth-order valence-electron chi connectivity index (χ4n) is 2.99. The molecule has 3 rings (SSSR count). The Hall–Kier alpha value is -2.21. The van der Waals surface area contributed by atoms with Gasteiger partial charge in [0.25, 0.3) is 0 Å². The molecule has 1 aliphatic rings. The van der Waals surface area contributed by atoms with E-state index in [-0.39, 0.29) is 11.9 Å². The molecule has 1 atom stereocenters. The average molecular weight is 313 g/mol. The first-order chi connectivity index (χ1) is 11.1. The standard InChI is InChI=1S/C17H23N5O/c1-14-4-3-5-16(10-14)11-20-6-8-21(9-7-20)17(23)15(2)22-13-18-12-19-22/h3-5,10,12-13,15H,6-9,11H2,1-2H3.